The van der Waals surface area contributed by atoms with Crippen molar-refractivity contribution >= 4 is 41.9 Å². The second-order valence-corrected chi connectivity index (χ2v) is 8.72. The number of ether oxygens (including phenoxy) is 1. The molecule has 0 radical (unpaired) electrons. The molecule has 1 fully saturated rings. The first-order valence-corrected chi connectivity index (χ1v) is 10.7. The zero-order valence-electron chi connectivity index (χ0n) is 19.4. The third kappa shape index (κ3) is 10.5. The van der Waals surface area contributed by atoms with Crippen molar-refractivity contribution in [2.24, 2.45) is 10.7 Å². The summed E-state index contributed by atoms with van der Waals surface area (Å²) in [5.74, 6) is 0.369. The fraction of sp³-hybridized carbons (Fsp3) is 0.591. The number of aliphatic imine (C=N–C) groups is 1. The Morgan fingerprint density at radius 3 is 2.38 bits per heavy atom. The number of halogens is 1. The molecule has 1 heterocycles. The average molecular weight is 560 g/mol. The quantitative estimate of drug-likeness (QED) is 0.230. The summed E-state index contributed by atoms with van der Waals surface area (Å²) in [6.07, 6.45) is 1.33. The van der Waals surface area contributed by atoms with Gasteiger partial charge in [-0.15, -0.1) is 24.0 Å². The van der Waals surface area contributed by atoms with Gasteiger partial charge in [0.25, 0.3) is 0 Å². The number of hydrogen-bond acceptors (Lipinski definition) is 5. The topological polar surface area (TPSA) is 121 Å². The maximum Gasteiger partial charge on any atom is 0.408 e. The number of alkyl carbamates (subject to hydrolysis) is 1. The highest BCUT2D eigenvalue weighted by atomic mass is 127. The van der Waals surface area contributed by atoms with E-state index in [1.165, 1.54) is 0 Å². The van der Waals surface area contributed by atoms with Crippen molar-refractivity contribution in [3.05, 3.63) is 35.9 Å². The molecular formula is C22H37IN6O3. The number of hydrogen-bond donors (Lipinski definition) is 4. The highest BCUT2D eigenvalue weighted by Gasteiger charge is 2.23. The Bertz CT molecular complexity index is 746. The zero-order valence-corrected chi connectivity index (χ0v) is 21.7. The molecule has 1 aliphatic rings. The maximum atomic E-state index is 12.3. The van der Waals surface area contributed by atoms with Gasteiger partial charge in [-0.05, 0) is 39.2 Å². The molecule has 0 aromatic heterocycles. The Morgan fingerprint density at radius 1 is 1.22 bits per heavy atom. The van der Waals surface area contributed by atoms with Crippen LogP contribution in [0.4, 0.5) is 4.79 Å². The molecule has 1 aliphatic heterocycles. The van der Waals surface area contributed by atoms with Gasteiger partial charge < -0.3 is 26.4 Å². The molecule has 0 aliphatic carbocycles. The van der Waals surface area contributed by atoms with Gasteiger partial charge >= 0.3 is 6.09 Å². The number of likely N-dealkylation sites (tertiary alicyclic amines) is 1. The van der Waals surface area contributed by atoms with Gasteiger partial charge in [0.05, 0.1) is 12.6 Å². The van der Waals surface area contributed by atoms with Crippen LogP contribution in [0.1, 0.15) is 45.2 Å². The van der Waals surface area contributed by atoms with E-state index in [1.807, 2.05) is 51.1 Å². The fourth-order valence-electron chi connectivity index (χ4n) is 3.43. The number of nitrogens with one attached hydrogen (secondary N) is 3. The molecule has 2 amide bonds. The summed E-state index contributed by atoms with van der Waals surface area (Å²) in [6.45, 7) is 7.88. The number of primary amides is 1. The number of carbonyl (C=O) groups excluding carboxylic acids is 2. The minimum absolute atomic E-state index is 0. The lowest BCUT2D eigenvalue weighted by Crippen LogP contribution is -2.51. The Balaban J connectivity index is 0.00000512. The molecule has 0 bridgehead atoms. The minimum atomic E-state index is -0.570. The van der Waals surface area contributed by atoms with Gasteiger partial charge in [0.15, 0.2) is 5.96 Å². The first-order valence-electron chi connectivity index (χ1n) is 10.7. The molecule has 10 heteroatoms. The summed E-state index contributed by atoms with van der Waals surface area (Å²) >= 11 is 0. The summed E-state index contributed by atoms with van der Waals surface area (Å²) in [4.78, 5) is 29.8. The predicted molar refractivity (Wildman–Crippen MR) is 137 cm³/mol. The van der Waals surface area contributed by atoms with E-state index < -0.39 is 11.7 Å². The monoisotopic (exact) mass is 560 g/mol. The molecule has 0 saturated carbocycles. The van der Waals surface area contributed by atoms with Crippen LogP contribution in [-0.4, -0.2) is 67.7 Å². The number of benzene rings is 1. The number of amides is 2. The van der Waals surface area contributed by atoms with Crippen LogP contribution >= 0.6 is 24.0 Å². The van der Waals surface area contributed by atoms with E-state index in [1.54, 1.807) is 7.05 Å². The van der Waals surface area contributed by atoms with Crippen molar-refractivity contribution in [3.8, 4) is 0 Å². The highest BCUT2D eigenvalue weighted by molar-refractivity contribution is 14.0. The summed E-state index contributed by atoms with van der Waals surface area (Å²) < 4.78 is 5.42. The van der Waals surface area contributed by atoms with E-state index >= 15 is 0 Å². The molecule has 1 atom stereocenters. The van der Waals surface area contributed by atoms with Crippen LogP contribution in [0.25, 0.3) is 0 Å². The summed E-state index contributed by atoms with van der Waals surface area (Å²) in [5.41, 5.74) is 5.68. The molecule has 1 aromatic carbocycles. The van der Waals surface area contributed by atoms with Gasteiger partial charge in [-0.1, -0.05) is 30.3 Å². The van der Waals surface area contributed by atoms with Crippen LogP contribution in [0.15, 0.2) is 35.3 Å². The Morgan fingerprint density at radius 2 is 1.84 bits per heavy atom. The second-order valence-electron chi connectivity index (χ2n) is 8.72. The molecule has 2 rings (SSSR count). The van der Waals surface area contributed by atoms with E-state index in [9.17, 15) is 9.59 Å². The van der Waals surface area contributed by atoms with Gasteiger partial charge in [-0.3, -0.25) is 14.7 Å². The van der Waals surface area contributed by atoms with Crippen LogP contribution in [0, 0.1) is 0 Å². The van der Waals surface area contributed by atoms with Crippen LogP contribution in [0.3, 0.4) is 0 Å². The molecule has 9 nitrogen and oxygen atoms in total. The van der Waals surface area contributed by atoms with Crippen LogP contribution in [0.2, 0.25) is 0 Å². The summed E-state index contributed by atoms with van der Waals surface area (Å²) in [7, 11) is 1.72. The van der Waals surface area contributed by atoms with Crippen molar-refractivity contribution < 1.29 is 14.3 Å². The number of guanidine groups is 1. The molecule has 32 heavy (non-hydrogen) atoms. The van der Waals surface area contributed by atoms with Crippen LogP contribution in [-0.2, 0) is 9.53 Å². The lowest BCUT2D eigenvalue weighted by atomic mass is 10.1. The molecule has 1 unspecified atom stereocenters. The summed E-state index contributed by atoms with van der Waals surface area (Å²) in [6, 6.07) is 9.71. The van der Waals surface area contributed by atoms with Crippen LogP contribution in [0.5, 0.6) is 0 Å². The number of carbonyl (C=O) groups is 2. The van der Waals surface area contributed by atoms with E-state index in [0.29, 0.717) is 19.0 Å². The first kappa shape index (κ1) is 28.0. The first-order chi connectivity index (χ1) is 14.7. The number of nitrogens with two attached hydrogens (primary N) is 1. The van der Waals surface area contributed by atoms with Crippen molar-refractivity contribution in [1.29, 1.82) is 0 Å². The van der Waals surface area contributed by atoms with E-state index in [2.05, 4.69) is 25.8 Å². The largest absolute Gasteiger partial charge is 0.444 e. The van der Waals surface area contributed by atoms with Gasteiger partial charge in [0.1, 0.15) is 5.60 Å². The third-order valence-corrected chi connectivity index (χ3v) is 4.90. The van der Waals surface area contributed by atoms with E-state index in [-0.39, 0.29) is 42.0 Å². The second kappa shape index (κ2) is 13.5. The normalized spacial score (nSPS) is 16.4. The highest BCUT2D eigenvalue weighted by Crippen LogP contribution is 2.14. The smallest absolute Gasteiger partial charge is 0.408 e. The molecule has 1 aromatic rings. The van der Waals surface area contributed by atoms with Gasteiger partial charge in [-0.2, -0.15) is 0 Å². The molecule has 5 N–H and O–H groups in total. The van der Waals surface area contributed by atoms with Gasteiger partial charge in [-0.25, -0.2) is 4.79 Å². The Labute approximate surface area is 207 Å². The van der Waals surface area contributed by atoms with Gasteiger partial charge in [0.2, 0.25) is 5.91 Å². The SMILES string of the molecule is CN=C(NCC(NC(=O)OC(C)(C)C)c1ccccc1)NC1CCN(CC(N)=O)CC1.I. The molecule has 0 spiro atoms. The number of nitrogens with zero attached hydrogens (tertiary/aromatic N) is 2. The van der Waals surface area contributed by atoms with E-state index in [4.69, 9.17) is 10.5 Å². The lowest BCUT2D eigenvalue weighted by molar-refractivity contribution is -0.119. The zero-order chi connectivity index (χ0) is 22.9. The number of piperidine rings is 1. The number of rotatable bonds is 7. The van der Waals surface area contributed by atoms with Crippen molar-refractivity contribution in [2.75, 3.05) is 33.2 Å². The standard InChI is InChI=1S/C22H36N6O3.HI/c1-22(2,3)31-21(30)27-18(16-8-6-5-7-9-16)14-25-20(24-4)26-17-10-12-28(13-11-17)15-19(23)29;/h5-9,17-18H,10-15H2,1-4H3,(H2,23,29)(H,27,30)(H2,24,25,26);1H. The fourth-order valence-corrected chi connectivity index (χ4v) is 3.43. The Kier molecular flexibility index (Phi) is 11.8. The molecule has 180 valence electrons. The summed E-state index contributed by atoms with van der Waals surface area (Å²) in [5, 5.41) is 9.68. The average Bonchev–Trinajstić information content (AvgIpc) is 2.70. The molecule has 1 saturated heterocycles. The van der Waals surface area contributed by atoms with Crippen LogP contribution < -0.4 is 21.7 Å². The van der Waals surface area contributed by atoms with Crippen molar-refractivity contribution in [3.63, 3.8) is 0 Å². The lowest BCUT2D eigenvalue weighted by Gasteiger charge is -2.32. The van der Waals surface area contributed by atoms with Crippen molar-refractivity contribution in [1.82, 2.24) is 20.9 Å². The predicted octanol–water partition coefficient (Wildman–Crippen LogP) is 1.99. The maximum absolute atomic E-state index is 12.3. The minimum Gasteiger partial charge on any atom is -0.444 e. The Hall–Kier alpha value is -2.08. The van der Waals surface area contributed by atoms with Gasteiger partial charge in [0, 0.05) is 32.7 Å². The molecular weight excluding hydrogens is 523 g/mol. The van der Waals surface area contributed by atoms with E-state index in [0.717, 1.165) is 31.5 Å². The van der Waals surface area contributed by atoms with Crippen molar-refractivity contribution in [2.45, 2.75) is 51.3 Å². The third-order valence-electron chi connectivity index (χ3n) is 4.90.